The normalized spacial score (nSPS) is 11.6. The van der Waals surface area contributed by atoms with Gasteiger partial charge in [0.15, 0.2) is 5.69 Å². The quantitative estimate of drug-likeness (QED) is 0.562. The SMILES string of the molecule is [C-]#[N+]c1ccc(-c2nnc([C@@H](CCO)Cc3ccc([N+]#[C-])c(Cl)c3C)o2)cc1. The highest BCUT2D eigenvalue weighted by molar-refractivity contribution is 6.34. The maximum Gasteiger partial charge on any atom is 0.247 e. The fourth-order valence-electron chi connectivity index (χ4n) is 2.95. The predicted molar refractivity (Wildman–Crippen MR) is 107 cm³/mol. The first-order chi connectivity index (χ1) is 13.6. The third-order valence-corrected chi connectivity index (χ3v) is 5.05. The first-order valence-corrected chi connectivity index (χ1v) is 9.02. The molecule has 0 saturated carbocycles. The Morgan fingerprint density at radius 2 is 1.86 bits per heavy atom. The molecule has 0 aliphatic heterocycles. The van der Waals surface area contributed by atoms with Crippen molar-refractivity contribution in [2.24, 2.45) is 0 Å². The van der Waals surface area contributed by atoms with E-state index in [4.69, 9.17) is 29.2 Å². The van der Waals surface area contributed by atoms with Crippen molar-refractivity contribution < 1.29 is 9.52 Å². The van der Waals surface area contributed by atoms with Crippen LogP contribution in [0.4, 0.5) is 11.4 Å². The number of halogens is 1. The molecule has 1 atom stereocenters. The molecule has 0 radical (unpaired) electrons. The van der Waals surface area contributed by atoms with E-state index in [1.807, 2.05) is 13.0 Å². The molecular formula is C21H17ClN4O2. The molecule has 6 nitrogen and oxygen atoms in total. The molecular weight excluding hydrogens is 376 g/mol. The highest BCUT2D eigenvalue weighted by Gasteiger charge is 2.21. The number of benzene rings is 2. The average molecular weight is 393 g/mol. The smallest absolute Gasteiger partial charge is 0.247 e. The van der Waals surface area contributed by atoms with Crippen molar-refractivity contribution in [2.75, 3.05) is 6.61 Å². The number of nitrogens with zero attached hydrogens (tertiary/aromatic N) is 4. The zero-order chi connectivity index (χ0) is 20.1. The van der Waals surface area contributed by atoms with Crippen molar-refractivity contribution in [2.45, 2.75) is 25.7 Å². The van der Waals surface area contributed by atoms with Crippen LogP contribution >= 0.6 is 11.6 Å². The summed E-state index contributed by atoms with van der Waals surface area (Å²) < 4.78 is 5.85. The van der Waals surface area contributed by atoms with Crippen LogP contribution in [0.25, 0.3) is 21.1 Å². The van der Waals surface area contributed by atoms with Gasteiger partial charge in [-0.05, 0) is 30.9 Å². The molecule has 7 heteroatoms. The van der Waals surface area contributed by atoms with Crippen LogP contribution in [0.5, 0.6) is 0 Å². The standard InChI is InChI=1S/C21H17ClN4O2/c1-13-15(6-9-18(24-3)19(13)22)12-16(10-11-27)21-26-25-20(28-21)14-4-7-17(23-2)8-5-14/h4-9,16,27H,10-12H2,1H3/t16-/m0/s1. The highest BCUT2D eigenvalue weighted by Crippen LogP contribution is 2.34. The summed E-state index contributed by atoms with van der Waals surface area (Å²) in [6.07, 6.45) is 1.02. The first-order valence-electron chi connectivity index (χ1n) is 8.65. The Morgan fingerprint density at radius 1 is 1.11 bits per heavy atom. The molecule has 2 aromatic carbocycles. The van der Waals surface area contributed by atoms with Gasteiger partial charge in [0.25, 0.3) is 0 Å². The lowest BCUT2D eigenvalue weighted by molar-refractivity contribution is 0.265. The fraction of sp³-hybridized carbons (Fsp3) is 0.238. The average Bonchev–Trinajstić information content (AvgIpc) is 3.21. The largest absolute Gasteiger partial charge is 0.420 e. The second-order valence-electron chi connectivity index (χ2n) is 6.31. The Hall–Kier alpha value is -3.19. The van der Waals surface area contributed by atoms with E-state index < -0.39 is 0 Å². The minimum atomic E-state index is -0.178. The fourth-order valence-corrected chi connectivity index (χ4v) is 3.17. The van der Waals surface area contributed by atoms with Crippen LogP contribution in [0.15, 0.2) is 40.8 Å². The van der Waals surface area contributed by atoms with E-state index in [0.717, 1.165) is 16.7 Å². The molecule has 0 spiro atoms. The lowest BCUT2D eigenvalue weighted by atomic mass is 9.93. The maximum absolute atomic E-state index is 9.48. The van der Waals surface area contributed by atoms with Crippen LogP contribution in [0.3, 0.4) is 0 Å². The lowest BCUT2D eigenvalue weighted by Crippen LogP contribution is -2.07. The van der Waals surface area contributed by atoms with E-state index in [2.05, 4.69) is 19.9 Å². The molecule has 3 rings (SSSR count). The van der Waals surface area contributed by atoms with Gasteiger partial charge in [-0.3, -0.25) is 0 Å². The molecule has 0 fully saturated rings. The molecule has 0 aliphatic rings. The summed E-state index contributed by atoms with van der Waals surface area (Å²) >= 11 is 6.28. The Balaban J connectivity index is 1.87. The number of hydrogen-bond donors (Lipinski definition) is 1. The summed E-state index contributed by atoms with van der Waals surface area (Å²) in [6, 6.07) is 10.5. The third kappa shape index (κ3) is 4.04. The van der Waals surface area contributed by atoms with E-state index >= 15 is 0 Å². The van der Waals surface area contributed by atoms with Crippen molar-refractivity contribution in [3.63, 3.8) is 0 Å². The molecule has 0 aliphatic carbocycles. The maximum atomic E-state index is 9.48. The van der Waals surface area contributed by atoms with Gasteiger partial charge in [0.05, 0.1) is 18.2 Å². The van der Waals surface area contributed by atoms with E-state index in [1.165, 1.54) is 0 Å². The molecule has 28 heavy (non-hydrogen) atoms. The summed E-state index contributed by atoms with van der Waals surface area (Å²) in [6.45, 7) is 16.0. The second kappa shape index (κ2) is 8.67. The van der Waals surface area contributed by atoms with Gasteiger partial charge >= 0.3 is 0 Å². The van der Waals surface area contributed by atoms with Gasteiger partial charge in [0, 0.05) is 18.1 Å². The zero-order valence-corrected chi connectivity index (χ0v) is 15.9. The number of aliphatic hydroxyl groups is 1. The number of rotatable bonds is 6. The van der Waals surface area contributed by atoms with E-state index in [9.17, 15) is 5.11 Å². The monoisotopic (exact) mass is 392 g/mol. The van der Waals surface area contributed by atoms with Gasteiger partial charge in [0.2, 0.25) is 17.5 Å². The predicted octanol–water partition coefficient (Wildman–Crippen LogP) is 5.51. The van der Waals surface area contributed by atoms with Crippen LogP contribution in [0, 0.1) is 20.1 Å². The molecule has 1 aromatic heterocycles. The van der Waals surface area contributed by atoms with Crippen LogP contribution in [0.1, 0.15) is 29.4 Å². The van der Waals surface area contributed by atoms with Crippen molar-refractivity contribution in [1.82, 2.24) is 10.2 Å². The van der Waals surface area contributed by atoms with Crippen LogP contribution in [0.2, 0.25) is 5.02 Å². The van der Waals surface area contributed by atoms with Gasteiger partial charge in [-0.25, -0.2) is 9.69 Å². The molecule has 1 heterocycles. The van der Waals surface area contributed by atoms with Crippen molar-refractivity contribution in [1.29, 1.82) is 0 Å². The minimum Gasteiger partial charge on any atom is -0.420 e. The molecule has 1 N–H and O–H groups in total. The number of aromatic nitrogens is 2. The molecule has 0 unspecified atom stereocenters. The summed E-state index contributed by atoms with van der Waals surface area (Å²) in [4.78, 5) is 6.78. The van der Waals surface area contributed by atoms with Crippen molar-refractivity contribution >= 4 is 23.0 Å². The number of hydrogen-bond acceptors (Lipinski definition) is 4. The minimum absolute atomic E-state index is 0.0189. The Kier molecular flexibility index (Phi) is 6.06. The number of aliphatic hydroxyl groups excluding tert-OH is 1. The Morgan fingerprint density at radius 3 is 2.50 bits per heavy atom. The highest BCUT2D eigenvalue weighted by atomic mass is 35.5. The van der Waals surface area contributed by atoms with Crippen LogP contribution < -0.4 is 0 Å². The van der Waals surface area contributed by atoms with Crippen molar-refractivity contribution in [3.8, 4) is 11.5 Å². The van der Waals surface area contributed by atoms with Gasteiger partial charge in [-0.2, -0.15) is 0 Å². The Labute approximate surface area is 168 Å². The zero-order valence-electron chi connectivity index (χ0n) is 15.2. The van der Waals surface area contributed by atoms with Gasteiger partial charge in [-0.15, -0.1) is 10.2 Å². The lowest BCUT2D eigenvalue weighted by Gasteiger charge is -2.15. The molecule has 140 valence electrons. The molecule has 0 saturated heterocycles. The third-order valence-electron chi connectivity index (χ3n) is 4.58. The van der Waals surface area contributed by atoms with Gasteiger partial charge in [-0.1, -0.05) is 48.0 Å². The molecule has 0 amide bonds. The summed E-state index contributed by atoms with van der Waals surface area (Å²) in [5, 5.41) is 18.2. The van der Waals surface area contributed by atoms with Crippen molar-refractivity contribution in [3.05, 3.63) is 81.3 Å². The van der Waals surface area contributed by atoms with E-state index in [0.29, 0.717) is 41.0 Å². The summed E-state index contributed by atoms with van der Waals surface area (Å²) in [5.74, 6) is 0.623. The topological polar surface area (TPSA) is 67.9 Å². The summed E-state index contributed by atoms with van der Waals surface area (Å²) in [5.41, 5.74) is 3.50. The van der Waals surface area contributed by atoms with Crippen LogP contribution in [-0.4, -0.2) is 21.9 Å². The first kappa shape index (κ1) is 19.6. The van der Waals surface area contributed by atoms with Crippen LogP contribution in [-0.2, 0) is 6.42 Å². The molecule has 0 bridgehead atoms. The second-order valence-corrected chi connectivity index (χ2v) is 6.69. The van der Waals surface area contributed by atoms with E-state index in [1.54, 1.807) is 30.3 Å². The van der Waals surface area contributed by atoms with Gasteiger partial charge < -0.3 is 9.52 Å². The summed E-state index contributed by atoms with van der Waals surface area (Å²) in [7, 11) is 0. The Bertz CT molecular complexity index is 1060. The van der Waals surface area contributed by atoms with Gasteiger partial charge in [0.1, 0.15) is 0 Å². The molecule has 3 aromatic rings. The van der Waals surface area contributed by atoms with E-state index in [-0.39, 0.29) is 12.5 Å².